The molecule has 0 saturated carbocycles. The summed E-state index contributed by atoms with van der Waals surface area (Å²) in [6, 6.07) is 0.559. The van der Waals surface area contributed by atoms with Crippen LogP contribution < -0.4 is 10.6 Å². The third-order valence-electron chi connectivity index (χ3n) is 3.39. The van der Waals surface area contributed by atoms with Crippen molar-refractivity contribution in [1.82, 2.24) is 20.1 Å². The SMILES string of the molecule is CC(C)Nc1nc(NC2CCN(C(=O)OC(C)(C)C)CC2)n[nH]1. The summed E-state index contributed by atoms with van der Waals surface area (Å²) in [4.78, 5) is 18.1. The van der Waals surface area contributed by atoms with Crippen molar-refractivity contribution in [2.45, 2.75) is 65.1 Å². The molecule has 0 radical (unpaired) electrons. The molecule has 23 heavy (non-hydrogen) atoms. The summed E-state index contributed by atoms with van der Waals surface area (Å²) < 4.78 is 5.40. The van der Waals surface area contributed by atoms with Gasteiger partial charge in [-0.3, -0.25) is 0 Å². The van der Waals surface area contributed by atoms with Gasteiger partial charge in [0.25, 0.3) is 0 Å². The lowest BCUT2D eigenvalue weighted by atomic mass is 10.1. The van der Waals surface area contributed by atoms with Gasteiger partial charge in [-0.15, -0.1) is 5.10 Å². The second-order valence-corrected chi connectivity index (χ2v) is 7.19. The van der Waals surface area contributed by atoms with E-state index in [-0.39, 0.29) is 12.1 Å². The second kappa shape index (κ2) is 7.06. The Morgan fingerprint density at radius 3 is 2.57 bits per heavy atom. The molecule has 1 aliphatic rings. The molecule has 1 aromatic heterocycles. The first kappa shape index (κ1) is 17.4. The summed E-state index contributed by atoms with van der Waals surface area (Å²) in [6.07, 6.45) is 1.46. The van der Waals surface area contributed by atoms with E-state index in [1.54, 1.807) is 4.90 Å². The largest absolute Gasteiger partial charge is 0.444 e. The number of amides is 1. The van der Waals surface area contributed by atoms with Gasteiger partial charge in [-0.2, -0.15) is 4.98 Å². The lowest BCUT2D eigenvalue weighted by Gasteiger charge is -2.33. The molecule has 0 unspecified atom stereocenters. The number of piperidine rings is 1. The van der Waals surface area contributed by atoms with E-state index < -0.39 is 5.60 Å². The van der Waals surface area contributed by atoms with Crippen LogP contribution in [0.3, 0.4) is 0 Å². The maximum Gasteiger partial charge on any atom is 0.410 e. The molecule has 1 aromatic rings. The quantitative estimate of drug-likeness (QED) is 0.787. The third kappa shape index (κ3) is 5.61. The monoisotopic (exact) mass is 324 g/mol. The number of hydrogen-bond donors (Lipinski definition) is 3. The topological polar surface area (TPSA) is 95.2 Å². The van der Waals surface area contributed by atoms with E-state index in [2.05, 4.69) is 25.8 Å². The number of aromatic nitrogens is 3. The Bertz CT molecular complexity index is 514. The molecular weight excluding hydrogens is 296 g/mol. The molecule has 130 valence electrons. The Morgan fingerprint density at radius 2 is 2.00 bits per heavy atom. The summed E-state index contributed by atoms with van der Waals surface area (Å²) in [5.74, 6) is 1.25. The van der Waals surface area contributed by atoms with Gasteiger partial charge in [0.1, 0.15) is 5.60 Å². The number of anilines is 2. The molecule has 0 aliphatic carbocycles. The average molecular weight is 324 g/mol. The van der Waals surface area contributed by atoms with Gasteiger partial charge < -0.3 is 20.3 Å². The fourth-order valence-corrected chi connectivity index (χ4v) is 2.38. The van der Waals surface area contributed by atoms with E-state index in [1.807, 2.05) is 34.6 Å². The number of nitrogens with zero attached hydrogens (tertiary/aromatic N) is 3. The molecule has 1 aliphatic heterocycles. The van der Waals surface area contributed by atoms with Gasteiger partial charge in [-0.1, -0.05) is 0 Å². The minimum absolute atomic E-state index is 0.239. The van der Waals surface area contributed by atoms with Gasteiger partial charge in [0.15, 0.2) is 0 Å². The van der Waals surface area contributed by atoms with Crippen molar-refractivity contribution in [3.8, 4) is 0 Å². The molecular formula is C15H28N6O2. The molecule has 0 aromatic carbocycles. The molecule has 0 atom stereocenters. The minimum atomic E-state index is -0.453. The van der Waals surface area contributed by atoms with Gasteiger partial charge in [0.2, 0.25) is 11.9 Å². The van der Waals surface area contributed by atoms with Crippen molar-refractivity contribution in [2.24, 2.45) is 0 Å². The van der Waals surface area contributed by atoms with Crippen LogP contribution in [0.5, 0.6) is 0 Å². The number of aromatic amines is 1. The van der Waals surface area contributed by atoms with Crippen LogP contribution in [0.2, 0.25) is 0 Å². The second-order valence-electron chi connectivity index (χ2n) is 7.19. The molecule has 2 rings (SSSR count). The highest BCUT2D eigenvalue weighted by Crippen LogP contribution is 2.18. The number of H-pyrrole nitrogens is 1. The number of nitrogens with one attached hydrogen (secondary N) is 3. The molecule has 0 bridgehead atoms. The van der Waals surface area contributed by atoms with Crippen LogP contribution in [0, 0.1) is 0 Å². The summed E-state index contributed by atoms with van der Waals surface area (Å²) in [5, 5.41) is 13.5. The number of carbonyl (C=O) groups is 1. The number of ether oxygens (including phenoxy) is 1. The van der Waals surface area contributed by atoms with Gasteiger partial charge in [0.05, 0.1) is 0 Å². The van der Waals surface area contributed by atoms with Crippen LogP contribution in [-0.4, -0.2) is 56.9 Å². The zero-order chi connectivity index (χ0) is 17.0. The normalized spacial score (nSPS) is 16.5. The summed E-state index contributed by atoms with van der Waals surface area (Å²) in [6.45, 7) is 11.1. The van der Waals surface area contributed by atoms with Crippen LogP contribution in [0.1, 0.15) is 47.5 Å². The van der Waals surface area contributed by atoms with Gasteiger partial charge >= 0.3 is 6.09 Å². The van der Waals surface area contributed by atoms with Crippen LogP contribution in [0.25, 0.3) is 0 Å². The molecule has 1 amide bonds. The van der Waals surface area contributed by atoms with Crippen molar-refractivity contribution in [2.75, 3.05) is 23.7 Å². The van der Waals surface area contributed by atoms with Crippen LogP contribution >= 0.6 is 0 Å². The van der Waals surface area contributed by atoms with E-state index in [4.69, 9.17) is 4.74 Å². The molecule has 2 heterocycles. The molecule has 8 heteroatoms. The number of likely N-dealkylation sites (tertiary alicyclic amines) is 1. The molecule has 0 spiro atoms. The summed E-state index contributed by atoms with van der Waals surface area (Å²) in [7, 11) is 0. The lowest BCUT2D eigenvalue weighted by molar-refractivity contribution is 0.0210. The predicted octanol–water partition coefficient (Wildman–Crippen LogP) is 2.44. The van der Waals surface area contributed by atoms with Crippen LogP contribution in [0.15, 0.2) is 0 Å². The number of hydrogen-bond acceptors (Lipinski definition) is 6. The van der Waals surface area contributed by atoms with Gasteiger partial charge in [-0.25, -0.2) is 9.89 Å². The number of rotatable bonds is 4. The van der Waals surface area contributed by atoms with E-state index in [0.717, 1.165) is 12.8 Å². The first-order valence-corrected chi connectivity index (χ1v) is 8.16. The smallest absolute Gasteiger partial charge is 0.410 e. The first-order valence-electron chi connectivity index (χ1n) is 8.16. The van der Waals surface area contributed by atoms with Crippen molar-refractivity contribution in [3.63, 3.8) is 0 Å². The maximum absolute atomic E-state index is 12.0. The number of carbonyl (C=O) groups excluding carboxylic acids is 1. The van der Waals surface area contributed by atoms with Crippen molar-refractivity contribution in [3.05, 3.63) is 0 Å². The molecule has 3 N–H and O–H groups in total. The van der Waals surface area contributed by atoms with Crippen molar-refractivity contribution < 1.29 is 9.53 Å². The highest BCUT2D eigenvalue weighted by atomic mass is 16.6. The highest BCUT2D eigenvalue weighted by molar-refractivity contribution is 5.68. The van der Waals surface area contributed by atoms with E-state index in [9.17, 15) is 4.79 Å². The lowest BCUT2D eigenvalue weighted by Crippen LogP contribution is -2.44. The standard InChI is InChI=1S/C15H28N6O2/c1-10(2)16-12-18-13(20-19-12)17-11-6-8-21(9-7-11)14(22)23-15(3,4)5/h10-11H,6-9H2,1-5H3,(H3,16,17,18,19,20). The zero-order valence-corrected chi connectivity index (χ0v) is 14.6. The Balaban J connectivity index is 1.78. The Kier molecular flexibility index (Phi) is 5.33. The first-order chi connectivity index (χ1) is 10.7. The molecule has 8 nitrogen and oxygen atoms in total. The van der Waals surface area contributed by atoms with Crippen LogP contribution in [-0.2, 0) is 4.74 Å². The Morgan fingerprint density at radius 1 is 1.35 bits per heavy atom. The molecule has 1 saturated heterocycles. The predicted molar refractivity (Wildman–Crippen MR) is 89.6 cm³/mol. The summed E-state index contributed by atoms with van der Waals surface area (Å²) in [5.41, 5.74) is -0.453. The Labute approximate surface area is 137 Å². The van der Waals surface area contributed by atoms with Gasteiger partial charge in [-0.05, 0) is 47.5 Å². The molecule has 1 fully saturated rings. The fraction of sp³-hybridized carbons (Fsp3) is 0.800. The van der Waals surface area contributed by atoms with Crippen molar-refractivity contribution in [1.29, 1.82) is 0 Å². The van der Waals surface area contributed by atoms with Crippen LogP contribution in [0.4, 0.5) is 16.7 Å². The van der Waals surface area contributed by atoms with Gasteiger partial charge in [0, 0.05) is 25.2 Å². The third-order valence-corrected chi connectivity index (χ3v) is 3.39. The van der Waals surface area contributed by atoms with Crippen molar-refractivity contribution >= 4 is 18.0 Å². The van der Waals surface area contributed by atoms with E-state index in [1.165, 1.54) is 0 Å². The summed E-state index contributed by atoms with van der Waals surface area (Å²) >= 11 is 0. The minimum Gasteiger partial charge on any atom is -0.444 e. The van der Waals surface area contributed by atoms with E-state index >= 15 is 0 Å². The van der Waals surface area contributed by atoms with E-state index in [0.29, 0.717) is 31.0 Å². The Hall–Kier alpha value is -1.99. The fourth-order valence-electron chi connectivity index (χ4n) is 2.38. The zero-order valence-electron chi connectivity index (χ0n) is 14.6. The maximum atomic E-state index is 12.0. The average Bonchev–Trinajstić information content (AvgIpc) is 2.84. The highest BCUT2D eigenvalue weighted by Gasteiger charge is 2.27.